The Morgan fingerprint density at radius 1 is 0.593 bits per heavy atom. The van der Waals surface area contributed by atoms with Gasteiger partial charge in [0.25, 0.3) is 7.42 Å². The van der Waals surface area contributed by atoms with Crippen molar-refractivity contribution < 1.29 is 0 Å². The summed E-state index contributed by atoms with van der Waals surface area (Å²) in [5, 5.41) is 1.13. The molecule has 3 heteroatoms. The second-order valence-electron chi connectivity index (χ2n) is 7.61. The standard InChI is InChI=1S/C24H26Cl2Si/c1-14-10-16(3)22(17(4)11-14)20-8-7-9-21(24(20)27(25)26)23-18(5)12-15(2)13-19(23)6/h7-13,27H,1-6H3. The van der Waals surface area contributed by atoms with E-state index in [9.17, 15) is 0 Å². The highest BCUT2D eigenvalue weighted by Gasteiger charge is 2.22. The van der Waals surface area contributed by atoms with Crippen LogP contribution in [0.15, 0.2) is 42.5 Å². The molecule has 0 atom stereocenters. The average Bonchev–Trinajstić information content (AvgIpc) is 2.52. The highest BCUT2D eigenvalue weighted by atomic mass is 35.7. The minimum atomic E-state index is -2.11. The summed E-state index contributed by atoms with van der Waals surface area (Å²) in [5.41, 5.74) is 12.5. The molecule has 0 aliphatic heterocycles. The third kappa shape index (κ3) is 3.87. The zero-order valence-electron chi connectivity index (χ0n) is 16.9. The third-order valence-corrected chi connectivity index (χ3v) is 7.58. The van der Waals surface area contributed by atoms with Gasteiger partial charge < -0.3 is 0 Å². The average molecular weight is 413 g/mol. The molecule has 0 nitrogen and oxygen atoms in total. The lowest BCUT2D eigenvalue weighted by Crippen LogP contribution is -2.24. The lowest BCUT2D eigenvalue weighted by atomic mass is 9.89. The number of halogens is 2. The van der Waals surface area contributed by atoms with Gasteiger partial charge in [-0.05, 0) is 91.2 Å². The molecule has 0 bridgehead atoms. The van der Waals surface area contributed by atoms with Gasteiger partial charge >= 0.3 is 0 Å². The molecule has 0 aliphatic rings. The summed E-state index contributed by atoms with van der Waals surface area (Å²) >= 11 is 13.4. The maximum Gasteiger partial charge on any atom is 0.267 e. The lowest BCUT2D eigenvalue weighted by molar-refractivity contribution is 1.31. The molecular formula is C24H26Cl2Si. The molecule has 0 aliphatic carbocycles. The minimum Gasteiger partial charge on any atom is -0.144 e. The maximum atomic E-state index is 6.69. The van der Waals surface area contributed by atoms with Crippen molar-refractivity contribution in [3.8, 4) is 22.3 Å². The van der Waals surface area contributed by atoms with E-state index in [1.165, 1.54) is 55.6 Å². The first-order chi connectivity index (χ1) is 12.7. The second kappa shape index (κ2) is 7.83. The SMILES string of the molecule is Cc1cc(C)c(-c2cccc(-c3c(C)cc(C)cc3C)c2[SiH](Cl)Cl)c(C)c1. The molecule has 27 heavy (non-hydrogen) atoms. The summed E-state index contributed by atoms with van der Waals surface area (Å²) in [6.45, 7) is 13.0. The number of hydrogen-bond acceptors (Lipinski definition) is 0. The largest absolute Gasteiger partial charge is 0.267 e. The van der Waals surface area contributed by atoms with Gasteiger partial charge in [-0.1, -0.05) is 53.6 Å². The van der Waals surface area contributed by atoms with E-state index in [0.29, 0.717) is 0 Å². The van der Waals surface area contributed by atoms with E-state index >= 15 is 0 Å². The third-order valence-electron chi connectivity index (χ3n) is 5.22. The fraction of sp³-hybridized carbons (Fsp3) is 0.250. The van der Waals surface area contributed by atoms with Gasteiger partial charge in [-0.25, -0.2) is 0 Å². The fourth-order valence-corrected chi connectivity index (χ4v) is 6.81. The summed E-state index contributed by atoms with van der Waals surface area (Å²) in [7, 11) is -2.11. The Morgan fingerprint density at radius 2 is 0.926 bits per heavy atom. The maximum absolute atomic E-state index is 6.69. The van der Waals surface area contributed by atoms with E-state index in [-0.39, 0.29) is 0 Å². The van der Waals surface area contributed by atoms with Gasteiger partial charge in [0.15, 0.2) is 0 Å². The molecular weight excluding hydrogens is 387 g/mol. The van der Waals surface area contributed by atoms with Crippen LogP contribution in [-0.2, 0) is 0 Å². The van der Waals surface area contributed by atoms with Crippen LogP contribution in [0.1, 0.15) is 33.4 Å². The van der Waals surface area contributed by atoms with E-state index in [1.54, 1.807) is 0 Å². The van der Waals surface area contributed by atoms with Crippen molar-refractivity contribution in [2.24, 2.45) is 0 Å². The monoisotopic (exact) mass is 412 g/mol. The molecule has 0 spiro atoms. The normalized spacial score (nSPS) is 11.3. The van der Waals surface area contributed by atoms with Crippen LogP contribution >= 0.6 is 22.2 Å². The molecule has 0 fully saturated rings. The Hall–Kier alpha value is -1.54. The first-order valence-corrected chi connectivity index (χ1v) is 13.3. The summed E-state index contributed by atoms with van der Waals surface area (Å²) in [6.07, 6.45) is 0. The first-order valence-electron chi connectivity index (χ1n) is 9.28. The first kappa shape index (κ1) is 20.2. The van der Waals surface area contributed by atoms with E-state index in [1.807, 2.05) is 0 Å². The summed E-state index contributed by atoms with van der Waals surface area (Å²) in [5.74, 6) is 0. The van der Waals surface area contributed by atoms with Gasteiger partial charge in [-0.2, -0.15) is 0 Å². The quantitative estimate of drug-likeness (QED) is 0.328. The molecule has 0 saturated heterocycles. The fourth-order valence-electron chi connectivity index (χ4n) is 4.45. The Labute approximate surface area is 174 Å². The molecule has 140 valence electrons. The summed E-state index contributed by atoms with van der Waals surface area (Å²) < 4.78 is 0. The molecule has 3 rings (SSSR count). The molecule has 0 unspecified atom stereocenters. The Morgan fingerprint density at radius 3 is 1.22 bits per heavy atom. The van der Waals surface area contributed by atoms with Gasteiger partial charge in [0.1, 0.15) is 0 Å². The van der Waals surface area contributed by atoms with Crippen molar-refractivity contribution >= 4 is 34.8 Å². The van der Waals surface area contributed by atoms with Crippen LogP contribution in [0, 0.1) is 41.5 Å². The lowest BCUT2D eigenvalue weighted by Gasteiger charge is -2.21. The Balaban J connectivity index is 2.37. The number of rotatable bonds is 3. The summed E-state index contributed by atoms with van der Waals surface area (Å²) in [6, 6.07) is 15.4. The second-order valence-corrected chi connectivity index (χ2v) is 12.1. The zero-order valence-corrected chi connectivity index (χ0v) is 19.5. The van der Waals surface area contributed by atoms with Crippen LogP contribution in [0.5, 0.6) is 0 Å². The summed E-state index contributed by atoms with van der Waals surface area (Å²) in [4.78, 5) is 0. The van der Waals surface area contributed by atoms with Crippen molar-refractivity contribution in [2.45, 2.75) is 41.5 Å². The molecule has 0 N–H and O–H groups in total. The van der Waals surface area contributed by atoms with Crippen molar-refractivity contribution in [1.29, 1.82) is 0 Å². The molecule has 3 aromatic carbocycles. The van der Waals surface area contributed by atoms with Crippen LogP contribution in [0.25, 0.3) is 22.3 Å². The van der Waals surface area contributed by atoms with Crippen LogP contribution in [0.2, 0.25) is 0 Å². The molecule has 3 aromatic rings. The zero-order chi connectivity index (χ0) is 19.9. The highest BCUT2D eigenvalue weighted by Crippen LogP contribution is 2.34. The minimum absolute atomic E-state index is 1.13. The smallest absolute Gasteiger partial charge is 0.144 e. The number of benzene rings is 3. The van der Waals surface area contributed by atoms with E-state index in [0.717, 1.165) is 5.19 Å². The van der Waals surface area contributed by atoms with E-state index < -0.39 is 7.42 Å². The molecule has 0 saturated carbocycles. The van der Waals surface area contributed by atoms with Crippen molar-refractivity contribution in [1.82, 2.24) is 0 Å². The Kier molecular flexibility index (Phi) is 5.86. The molecule has 0 amide bonds. The molecule has 0 heterocycles. The van der Waals surface area contributed by atoms with E-state index in [2.05, 4.69) is 84.0 Å². The van der Waals surface area contributed by atoms with Crippen LogP contribution < -0.4 is 5.19 Å². The van der Waals surface area contributed by atoms with Crippen LogP contribution in [0.4, 0.5) is 0 Å². The van der Waals surface area contributed by atoms with Crippen molar-refractivity contribution in [3.05, 3.63) is 75.8 Å². The van der Waals surface area contributed by atoms with E-state index in [4.69, 9.17) is 22.2 Å². The van der Waals surface area contributed by atoms with Gasteiger partial charge in [0.2, 0.25) is 0 Å². The van der Waals surface area contributed by atoms with Crippen LogP contribution in [-0.4, -0.2) is 7.42 Å². The Bertz CT molecular complexity index is 897. The van der Waals surface area contributed by atoms with Gasteiger partial charge in [0, 0.05) is 0 Å². The van der Waals surface area contributed by atoms with Gasteiger partial charge in [-0.15, -0.1) is 22.2 Å². The van der Waals surface area contributed by atoms with Crippen molar-refractivity contribution in [2.75, 3.05) is 0 Å². The predicted octanol–water partition coefficient (Wildman–Crippen LogP) is 6.78. The number of aryl methyl sites for hydroxylation is 6. The number of hydrogen-bond donors (Lipinski definition) is 0. The van der Waals surface area contributed by atoms with Gasteiger partial charge in [-0.3, -0.25) is 0 Å². The molecule has 0 radical (unpaired) electrons. The van der Waals surface area contributed by atoms with Crippen LogP contribution in [0.3, 0.4) is 0 Å². The predicted molar refractivity (Wildman–Crippen MR) is 124 cm³/mol. The topological polar surface area (TPSA) is 0 Å². The highest BCUT2D eigenvalue weighted by molar-refractivity contribution is 7.40. The van der Waals surface area contributed by atoms with Crippen molar-refractivity contribution in [3.63, 3.8) is 0 Å². The van der Waals surface area contributed by atoms with Gasteiger partial charge in [0.05, 0.1) is 0 Å². The molecule has 0 aromatic heterocycles.